The minimum atomic E-state index is -4.67. The molecule has 2 N–H and O–H groups in total. The van der Waals surface area contributed by atoms with Crippen molar-refractivity contribution in [2.45, 2.75) is 135 Å². The molecular weight excluding hydrogens is 994 g/mol. The van der Waals surface area contributed by atoms with Gasteiger partial charge < -0.3 is 62.5 Å². The summed E-state index contributed by atoms with van der Waals surface area (Å²) in [6.07, 6.45) is 10.2. The summed E-state index contributed by atoms with van der Waals surface area (Å²) in [5.74, 6) is -0.331. The van der Waals surface area contributed by atoms with Crippen LogP contribution < -0.4 is 104 Å². The molecule has 0 saturated carbocycles. The van der Waals surface area contributed by atoms with Gasteiger partial charge >= 0.3 is 99.1 Å². The summed E-state index contributed by atoms with van der Waals surface area (Å²) < 4.78 is 71.1. The van der Waals surface area contributed by atoms with E-state index < -0.39 is 24.7 Å². The molecular formula is C44H87Na3O21SSi. The van der Waals surface area contributed by atoms with Crippen LogP contribution in [0.2, 0.25) is 19.6 Å². The van der Waals surface area contributed by atoms with E-state index in [0.29, 0.717) is 57.9 Å². The summed E-state index contributed by atoms with van der Waals surface area (Å²) in [5.41, 5.74) is 0. The largest absolute Gasteiger partial charge is 1.00 e. The maximum Gasteiger partial charge on any atom is 1.00 e. The Balaban J connectivity index is -0.0000000475. The van der Waals surface area contributed by atoms with E-state index in [-0.39, 0.29) is 118 Å². The molecule has 1 fully saturated rings. The summed E-state index contributed by atoms with van der Waals surface area (Å²) in [6, 6.07) is 0. The van der Waals surface area contributed by atoms with Crippen LogP contribution in [0.25, 0.3) is 0 Å². The van der Waals surface area contributed by atoms with Crippen LogP contribution >= 0.6 is 0 Å². The summed E-state index contributed by atoms with van der Waals surface area (Å²) in [5, 5.41) is 26.5. The third-order valence-electron chi connectivity index (χ3n) is 4.45. The quantitative estimate of drug-likeness (QED) is 0.0234. The first-order chi connectivity index (χ1) is 31.0. The van der Waals surface area contributed by atoms with Gasteiger partial charge in [-0.2, -0.15) is 15.5 Å². The number of carboxylic acid groups (broad SMARTS) is 1. The first kappa shape index (κ1) is 101. The van der Waals surface area contributed by atoms with Gasteiger partial charge in [-0.3, -0.25) is 28.3 Å². The van der Waals surface area contributed by atoms with E-state index in [1.165, 1.54) is 59.8 Å². The van der Waals surface area contributed by atoms with Gasteiger partial charge in [-0.05, 0) is 129 Å². The van der Waals surface area contributed by atoms with Crippen molar-refractivity contribution < 1.29 is 188 Å². The molecule has 21 nitrogen and oxygen atoms in total. The zero-order valence-corrected chi connectivity index (χ0v) is 54.2. The predicted octanol–water partition coefficient (Wildman–Crippen LogP) is -4.45. The fourth-order valence-electron chi connectivity index (χ4n) is 2.54. The third kappa shape index (κ3) is 226. The molecule has 1 aliphatic rings. The number of Topliss-reactive ketones (excluding diaryl/α,β-unsaturated/α-hetero) is 2. The fourth-order valence-corrected chi connectivity index (χ4v) is 3.39. The van der Waals surface area contributed by atoms with Crippen molar-refractivity contribution in [1.29, 1.82) is 0 Å². The summed E-state index contributed by atoms with van der Waals surface area (Å²) in [6.45, 7) is 38.8. The molecule has 0 radical (unpaired) electrons. The van der Waals surface area contributed by atoms with Crippen LogP contribution in [0.4, 0.5) is 0 Å². The van der Waals surface area contributed by atoms with E-state index in [2.05, 4.69) is 31.0 Å². The standard InChI is InChI=1S/C9H18O2Si.C8H16O3.C6H10O2.C4H6O2.C4H8O.C4H10O.C3H6O2.C3H6O.C2H4O2.CH3O.3Na.H2O4S/c1-6-10-8-7-9(2)11-12(3,4)5;1-4-10-8(11-5-2)6-7(3)9;1-3-8-5-4-6(2)7;1-4(6)2-3-5;1-2-4-5-3-1;1-3-5-4-2;1-2-5-3-4;1-3(2)4;1-2(3)4;1-2;;;;1-5(2,3)4/h7-8H,2,6H2,1,3-5H3;8H,4-6H2,1-3H3;4-5H,3H2,1-2H3;2-3,5H,1H3;1-4H2;3-4H2,1-2H3;3H,2H2,1H3;1-2H3;1H3,(H,3,4);1H3;;;;(H2,1,2,3,4)/q;;;;;;;;;-1;3*+1;/p-2/b8-7+;;5-4+;3-2+;;;;;;;;;;. The second kappa shape index (κ2) is 87.4. The molecule has 0 unspecified atom stereocenters. The van der Waals surface area contributed by atoms with E-state index >= 15 is 0 Å². The molecule has 26 heteroatoms. The fraction of sp³-hybridized carbons (Fsp3) is 0.682. The third-order valence-corrected chi connectivity index (χ3v) is 5.33. The molecule has 0 atom stereocenters. The number of ketones is 4. The number of carbonyl (C=O) groups is 6. The number of allylic oxidation sites excluding steroid dienone is 3. The number of rotatable bonds is 19. The summed E-state index contributed by atoms with van der Waals surface area (Å²) in [4.78, 5) is 58.1. The number of hydrogen-bond donors (Lipinski definition) is 2. The predicted molar refractivity (Wildman–Crippen MR) is 255 cm³/mol. The Morgan fingerprint density at radius 2 is 1.00 bits per heavy atom. The van der Waals surface area contributed by atoms with E-state index in [9.17, 15) is 29.1 Å². The normalized spacial score (nSPS) is 10.0. The molecule has 402 valence electrons. The molecule has 1 rings (SSSR count). The van der Waals surface area contributed by atoms with E-state index in [4.69, 9.17) is 65.4 Å². The second-order valence-corrected chi connectivity index (χ2v) is 17.8. The monoisotopic (exact) mass is 1080 g/mol. The van der Waals surface area contributed by atoms with Crippen molar-refractivity contribution in [1.82, 2.24) is 0 Å². The van der Waals surface area contributed by atoms with Gasteiger partial charge in [0.25, 0.3) is 6.47 Å². The molecule has 0 aliphatic carbocycles. The minimum absolute atomic E-state index is 0. The van der Waals surface area contributed by atoms with Gasteiger partial charge in [0.15, 0.2) is 17.9 Å². The molecule has 0 aromatic rings. The van der Waals surface area contributed by atoms with Crippen LogP contribution in [-0.4, -0.2) is 134 Å². The Hall–Kier alpha value is -1.33. The summed E-state index contributed by atoms with van der Waals surface area (Å²) >= 11 is 0. The average molecular weight is 1080 g/mol. The molecule has 0 amide bonds. The second-order valence-electron chi connectivity index (χ2n) is 12.5. The van der Waals surface area contributed by atoms with Crippen molar-refractivity contribution in [3.05, 3.63) is 49.4 Å². The van der Waals surface area contributed by atoms with Crippen molar-refractivity contribution >= 4 is 54.3 Å². The Bertz CT molecular complexity index is 1270. The summed E-state index contributed by atoms with van der Waals surface area (Å²) in [7, 11) is -5.40. The maximum absolute atomic E-state index is 10.6. The first-order valence-corrected chi connectivity index (χ1v) is 25.7. The Morgan fingerprint density at radius 3 is 1.16 bits per heavy atom. The SMILES string of the molecule is C1CCOC1.C=C(/C=C/OCC)O[Si](C)(C)C.CC(=O)/C=C/[O-].CC(=O)[O-].CC(C)=O.CCO/C=C/C(C)=O.CCOC(CC(C)=O)OCC.CCOC=O.CCOCC.C[O-].O=S(=O)(O)O.[Na+].[Na+].[Na+]. The average Bonchev–Trinajstić information content (AvgIpc) is 3.77. The number of hydrogen-bond acceptors (Lipinski definition) is 19. The van der Waals surface area contributed by atoms with Gasteiger partial charge in [0.1, 0.15) is 11.6 Å². The van der Waals surface area contributed by atoms with E-state index in [1.54, 1.807) is 19.3 Å². The Kier molecular flexibility index (Phi) is 127. The number of carbonyl (C=O) groups excluding carboxylic acids is 6. The zero-order valence-electron chi connectivity index (χ0n) is 46.4. The Labute approximate surface area is 488 Å². The van der Waals surface area contributed by atoms with Gasteiger partial charge in [0.2, 0.25) is 8.32 Å². The van der Waals surface area contributed by atoms with Gasteiger partial charge in [-0.25, -0.2) is 0 Å². The Morgan fingerprint density at radius 1 is 0.671 bits per heavy atom. The van der Waals surface area contributed by atoms with Gasteiger partial charge in [-0.1, -0.05) is 6.58 Å². The number of carboxylic acids is 1. The van der Waals surface area contributed by atoms with Crippen LogP contribution in [0.15, 0.2) is 49.4 Å². The molecule has 70 heavy (non-hydrogen) atoms. The van der Waals surface area contributed by atoms with Crippen molar-refractivity contribution in [2.75, 3.05) is 66.6 Å². The van der Waals surface area contributed by atoms with Gasteiger partial charge in [0.05, 0.1) is 44.5 Å². The van der Waals surface area contributed by atoms with E-state index in [0.717, 1.165) is 46.5 Å². The molecule has 0 spiro atoms. The van der Waals surface area contributed by atoms with Gasteiger partial charge in [0, 0.05) is 57.8 Å². The van der Waals surface area contributed by atoms with Crippen molar-refractivity contribution in [2.24, 2.45) is 0 Å². The molecule has 1 heterocycles. The maximum atomic E-state index is 10.6. The topological polar surface area (TPSA) is 320 Å². The van der Waals surface area contributed by atoms with Crippen LogP contribution in [0, 0.1) is 0 Å². The molecule has 0 aromatic heterocycles. The molecule has 0 bridgehead atoms. The van der Waals surface area contributed by atoms with E-state index in [1.807, 2.05) is 41.5 Å². The zero-order chi connectivity index (χ0) is 55.1. The van der Waals surface area contributed by atoms with Crippen LogP contribution in [0.3, 0.4) is 0 Å². The van der Waals surface area contributed by atoms with Crippen molar-refractivity contribution in [3.8, 4) is 0 Å². The smallest absolute Gasteiger partial charge is 0.878 e. The van der Waals surface area contributed by atoms with Crippen LogP contribution in [0.5, 0.6) is 0 Å². The minimum Gasteiger partial charge on any atom is -0.878 e. The number of aliphatic carboxylic acids is 1. The van der Waals surface area contributed by atoms with Gasteiger partial charge in [-0.15, -0.1) is 6.26 Å². The van der Waals surface area contributed by atoms with Crippen molar-refractivity contribution in [3.63, 3.8) is 0 Å². The van der Waals surface area contributed by atoms with Crippen LogP contribution in [0.1, 0.15) is 109 Å². The first-order valence-electron chi connectivity index (χ1n) is 20.9. The molecule has 0 aromatic carbocycles. The molecule has 1 aliphatic heterocycles. The number of ether oxygens (including phenoxy) is 7. The molecule has 1 saturated heterocycles. The van der Waals surface area contributed by atoms with Crippen LogP contribution in [-0.2, 0) is 76.8 Å².